The van der Waals surface area contributed by atoms with E-state index in [2.05, 4.69) is 79.9 Å². The third kappa shape index (κ3) is 57.9. The maximum atomic E-state index is 13.0. The molecular weight excluding hydrogens is 936 g/mol. The van der Waals surface area contributed by atoms with Crippen LogP contribution < -0.4 is 5.32 Å². The minimum Gasteiger partial charge on any atom is -0.391 e. The van der Waals surface area contributed by atoms with Crippen LogP contribution in [-0.2, 0) is 18.4 Å². The molecule has 0 aromatic carbocycles. The molecule has 0 spiro atoms. The number of amides is 1. The van der Waals surface area contributed by atoms with Crippen LogP contribution >= 0.6 is 7.82 Å². The van der Waals surface area contributed by atoms with Crippen LogP contribution in [0.3, 0.4) is 0 Å². The number of allylic oxidation sites excluding steroid dienone is 10. The van der Waals surface area contributed by atoms with Crippen LogP contribution in [-0.4, -0.2) is 73.4 Å². The van der Waals surface area contributed by atoms with E-state index >= 15 is 0 Å². The Labute approximate surface area is 460 Å². The number of carbonyl (C=O) groups is 1. The number of nitrogens with one attached hydrogen (secondary N) is 1. The molecule has 74 heavy (non-hydrogen) atoms. The highest BCUT2D eigenvalue weighted by molar-refractivity contribution is 7.47. The van der Waals surface area contributed by atoms with E-state index in [-0.39, 0.29) is 19.1 Å². The first-order valence-corrected chi connectivity index (χ1v) is 33.1. The van der Waals surface area contributed by atoms with Crippen molar-refractivity contribution in [3.63, 3.8) is 0 Å². The first-order valence-electron chi connectivity index (χ1n) is 31.7. The Hall–Kier alpha value is -1.80. The normalized spacial score (nSPS) is 14.2. The molecule has 434 valence electrons. The predicted octanol–water partition coefficient (Wildman–Crippen LogP) is 19.7. The number of aliphatic hydroxyl groups is 1. The molecule has 8 nitrogen and oxygen atoms in total. The topological polar surface area (TPSA) is 105 Å². The number of phosphoric ester groups is 1. The number of hydrogen-bond acceptors (Lipinski definition) is 5. The van der Waals surface area contributed by atoms with Crippen LogP contribution in [0.25, 0.3) is 0 Å². The van der Waals surface area contributed by atoms with Crippen LogP contribution in [0.15, 0.2) is 60.8 Å². The van der Waals surface area contributed by atoms with Crippen molar-refractivity contribution in [3.05, 3.63) is 60.8 Å². The van der Waals surface area contributed by atoms with E-state index in [0.717, 1.165) is 70.6 Å². The first kappa shape index (κ1) is 72.2. The Morgan fingerprint density at radius 3 is 1.19 bits per heavy atom. The Bertz CT molecular complexity index is 1390. The molecule has 0 bridgehead atoms. The Balaban J connectivity index is 4.08. The molecule has 0 radical (unpaired) electrons. The van der Waals surface area contributed by atoms with Crippen LogP contribution in [0, 0.1) is 0 Å². The van der Waals surface area contributed by atoms with E-state index < -0.39 is 20.0 Å². The largest absolute Gasteiger partial charge is 0.472 e. The van der Waals surface area contributed by atoms with Gasteiger partial charge in [-0.25, -0.2) is 4.57 Å². The molecule has 0 heterocycles. The molecule has 0 aliphatic rings. The average molecular weight is 1060 g/mol. The molecule has 3 N–H and O–H groups in total. The smallest absolute Gasteiger partial charge is 0.391 e. The molecule has 0 fully saturated rings. The van der Waals surface area contributed by atoms with Crippen molar-refractivity contribution >= 4 is 13.7 Å². The van der Waals surface area contributed by atoms with Crippen molar-refractivity contribution in [2.45, 2.75) is 309 Å². The lowest BCUT2D eigenvalue weighted by Crippen LogP contribution is -2.46. The lowest BCUT2D eigenvalue weighted by Gasteiger charge is -2.26. The zero-order valence-corrected chi connectivity index (χ0v) is 50.5. The summed E-state index contributed by atoms with van der Waals surface area (Å²) in [5.41, 5.74) is 0. The van der Waals surface area contributed by atoms with Gasteiger partial charge in [0.05, 0.1) is 39.9 Å². The van der Waals surface area contributed by atoms with Crippen molar-refractivity contribution < 1.29 is 32.9 Å². The van der Waals surface area contributed by atoms with Gasteiger partial charge in [0.2, 0.25) is 5.91 Å². The highest BCUT2D eigenvalue weighted by Gasteiger charge is 2.28. The van der Waals surface area contributed by atoms with Crippen LogP contribution in [0.1, 0.15) is 296 Å². The molecule has 0 rings (SSSR count). The predicted molar refractivity (Wildman–Crippen MR) is 323 cm³/mol. The third-order valence-electron chi connectivity index (χ3n) is 14.3. The highest BCUT2D eigenvalue weighted by Crippen LogP contribution is 2.43. The number of rotatable bonds is 58. The van der Waals surface area contributed by atoms with E-state index in [1.54, 1.807) is 0 Å². The van der Waals surface area contributed by atoms with Gasteiger partial charge >= 0.3 is 7.82 Å². The summed E-state index contributed by atoms with van der Waals surface area (Å²) in [6, 6.07) is -0.763. The Morgan fingerprint density at radius 1 is 0.473 bits per heavy atom. The molecule has 0 aliphatic heterocycles. The number of unbranched alkanes of at least 4 members (excludes halogenated alkanes) is 35. The standard InChI is InChI=1S/C65H123N2O6P/c1-6-8-10-12-14-16-18-20-22-24-26-28-29-30-31-32-33-34-35-36-37-39-41-43-45-47-49-51-53-55-57-59-65(69)66-63(62-73-74(70,71)72-61-60-67(3,4)5)64(68)58-56-54-52-50-48-46-44-42-40-38-27-25-23-21-19-17-15-13-11-9-7-2/h8,10,14,16,20,22,26,28,30-31,63-64,68H,6-7,9,11-13,15,17-19,21,23-25,27,29,32-62H2,1-5H3,(H-,66,69,70,71)/p+1/b10-8-,16-14-,22-20-,28-26-,31-30-. The van der Waals surface area contributed by atoms with Crippen molar-refractivity contribution in [2.24, 2.45) is 0 Å². The monoisotopic (exact) mass is 1060 g/mol. The lowest BCUT2D eigenvalue weighted by atomic mass is 10.0. The summed E-state index contributed by atoms with van der Waals surface area (Å²) in [6.45, 7) is 4.81. The maximum absolute atomic E-state index is 13.0. The van der Waals surface area contributed by atoms with Gasteiger partial charge in [0, 0.05) is 6.42 Å². The summed E-state index contributed by atoms with van der Waals surface area (Å²) in [4.78, 5) is 23.4. The van der Waals surface area contributed by atoms with E-state index in [1.165, 1.54) is 199 Å². The molecule has 3 atom stereocenters. The zero-order chi connectivity index (χ0) is 54.2. The highest BCUT2D eigenvalue weighted by atomic mass is 31.2. The number of hydrogen-bond donors (Lipinski definition) is 3. The van der Waals surface area contributed by atoms with Gasteiger partial charge in [0.1, 0.15) is 13.2 Å². The Morgan fingerprint density at radius 2 is 0.811 bits per heavy atom. The fraction of sp³-hybridized carbons (Fsp3) is 0.831. The minimum absolute atomic E-state index is 0.0744. The second kappa shape index (κ2) is 55.9. The Kier molecular flexibility index (Phi) is 54.6. The zero-order valence-electron chi connectivity index (χ0n) is 49.6. The van der Waals surface area contributed by atoms with Crippen LogP contribution in [0.4, 0.5) is 0 Å². The molecule has 0 saturated heterocycles. The number of quaternary nitrogens is 1. The molecule has 0 aromatic heterocycles. The van der Waals surface area contributed by atoms with E-state index in [9.17, 15) is 19.4 Å². The first-order chi connectivity index (χ1) is 36.0. The van der Waals surface area contributed by atoms with Gasteiger partial charge in [-0.1, -0.05) is 293 Å². The molecule has 9 heteroatoms. The molecule has 0 saturated carbocycles. The molecule has 0 aromatic rings. The van der Waals surface area contributed by atoms with Gasteiger partial charge in [-0.2, -0.15) is 0 Å². The van der Waals surface area contributed by atoms with Gasteiger partial charge in [-0.05, 0) is 57.8 Å². The molecular formula is C65H124N2O6P+. The number of nitrogens with zero attached hydrogens (tertiary/aromatic N) is 1. The van der Waals surface area contributed by atoms with Crippen molar-refractivity contribution in [1.82, 2.24) is 5.32 Å². The number of phosphoric acid groups is 1. The summed E-state index contributed by atoms with van der Waals surface area (Å²) >= 11 is 0. The number of likely N-dealkylation sites (N-methyl/N-ethyl adjacent to an activating group) is 1. The summed E-state index contributed by atoms with van der Waals surface area (Å²) < 4.78 is 23.8. The van der Waals surface area contributed by atoms with Crippen molar-refractivity contribution in [1.29, 1.82) is 0 Å². The summed E-state index contributed by atoms with van der Waals surface area (Å²) in [5.74, 6) is -0.142. The van der Waals surface area contributed by atoms with Crippen LogP contribution in [0.2, 0.25) is 0 Å². The van der Waals surface area contributed by atoms with Gasteiger partial charge < -0.3 is 19.8 Å². The van der Waals surface area contributed by atoms with E-state index in [1.807, 2.05) is 21.1 Å². The SMILES string of the molecule is CC/C=C\C/C=C\C/C=C\C/C=C\C/C=C\CCCCCCCCCCCCCCCCCC(=O)NC(COP(=O)(O)OCC[N+](C)(C)C)C(O)CCCCCCCCCCCCCCCCCCCCCCC. The second-order valence-corrected chi connectivity index (χ2v) is 24.2. The molecule has 0 aliphatic carbocycles. The van der Waals surface area contributed by atoms with E-state index in [0.29, 0.717) is 23.9 Å². The maximum Gasteiger partial charge on any atom is 0.472 e. The van der Waals surface area contributed by atoms with Crippen LogP contribution in [0.5, 0.6) is 0 Å². The lowest BCUT2D eigenvalue weighted by molar-refractivity contribution is -0.870. The molecule has 1 amide bonds. The summed E-state index contributed by atoms with van der Waals surface area (Å²) in [6.07, 6.45) is 75.8. The van der Waals surface area contributed by atoms with Crippen molar-refractivity contribution in [3.8, 4) is 0 Å². The van der Waals surface area contributed by atoms with E-state index in [4.69, 9.17) is 9.05 Å². The van der Waals surface area contributed by atoms with Gasteiger partial charge in [0.15, 0.2) is 0 Å². The second-order valence-electron chi connectivity index (χ2n) is 22.8. The fourth-order valence-corrected chi connectivity index (χ4v) is 10.1. The van der Waals surface area contributed by atoms with Crippen molar-refractivity contribution in [2.75, 3.05) is 40.9 Å². The third-order valence-corrected chi connectivity index (χ3v) is 15.3. The number of aliphatic hydroxyl groups excluding tert-OH is 1. The van der Waals surface area contributed by atoms with Gasteiger partial charge in [0.25, 0.3) is 0 Å². The quantitative estimate of drug-likeness (QED) is 0.0243. The number of carbonyl (C=O) groups excluding carboxylic acids is 1. The fourth-order valence-electron chi connectivity index (χ4n) is 9.37. The van der Waals surface area contributed by atoms with Gasteiger partial charge in [-0.3, -0.25) is 13.8 Å². The molecule has 3 unspecified atom stereocenters. The van der Waals surface area contributed by atoms with Gasteiger partial charge in [-0.15, -0.1) is 0 Å². The minimum atomic E-state index is -4.33. The average Bonchev–Trinajstić information content (AvgIpc) is 3.36. The summed E-state index contributed by atoms with van der Waals surface area (Å²) in [7, 11) is 1.62. The summed E-state index contributed by atoms with van der Waals surface area (Å²) in [5, 5.41) is 14.1.